The molecule has 1 saturated heterocycles. The molecule has 0 spiro atoms. The Kier molecular flexibility index (Phi) is 5.03. The van der Waals surface area contributed by atoms with E-state index in [0.29, 0.717) is 13.0 Å². The Morgan fingerprint density at radius 2 is 2.00 bits per heavy atom. The number of methoxy groups -OCH3 is 1. The molecule has 2 rings (SSSR count). The van der Waals surface area contributed by atoms with Crippen LogP contribution in [-0.2, 0) is 20.9 Å². The number of ether oxygens (including phenoxy) is 2. The highest BCUT2D eigenvalue weighted by atomic mass is 16.5. The van der Waals surface area contributed by atoms with Crippen molar-refractivity contribution in [2.45, 2.75) is 32.1 Å². The van der Waals surface area contributed by atoms with Gasteiger partial charge in [-0.25, -0.2) is 4.79 Å². The van der Waals surface area contributed by atoms with Crippen LogP contribution < -0.4 is 4.74 Å². The van der Waals surface area contributed by atoms with Crippen molar-refractivity contribution in [3.05, 3.63) is 29.8 Å². The van der Waals surface area contributed by atoms with Crippen molar-refractivity contribution in [1.29, 1.82) is 0 Å². The normalized spacial score (nSPS) is 24.0. The molecule has 1 aromatic rings. The number of carbonyl (C=O) groups excluding carboxylic acids is 1. The van der Waals surface area contributed by atoms with Gasteiger partial charge in [-0.15, -0.1) is 0 Å². The molecule has 1 N–H and O–H groups in total. The van der Waals surface area contributed by atoms with Crippen molar-refractivity contribution in [3.63, 3.8) is 0 Å². The van der Waals surface area contributed by atoms with E-state index in [4.69, 9.17) is 14.6 Å². The molecule has 1 aliphatic rings. The summed E-state index contributed by atoms with van der Waals surface area (Å²) in [4.78, 5) is 25.0. The topological polar surface area (TPSA) is 76.1 Å². The van der Waals surface area contributed by atoms with Gasteiger partial charge in [0.15, 0.2) is 6.10 Å². The quantitative estimate of drug-likeness (QED) is 0.893. The van der Waals surface area contributed by atoms with Crippen molar-refractivity contribution in [2.75, 3.05) is 14.2 Å². The molecule has 0 unspecified atom stereocenters. The molecular weight excluding hydrogens is 286 g/mol. The van der Waals surface area contributed by atoms with Crippen molar-refractivity contribution in [3.8, 4) is 5.75 Å². The summed E-state index contributed by atoms with van der Waals surface area (Å²) >= 11 is 0. The fourth-order valence-electron chi connectivity index (χ4n) is 2.62. The van der Waals surface area contributed by atoms with Crippen LogP contribution in [0.25, 0.3) is 0 Å². The molecule has 22 heavy (non-hydrogen) atoms. The van der Waals surface area contributed by atoms with Gasteiger partial charge in [-0.05, 0) is 30.0 Å². The summed E-state index contributed by atoms with van der Waals surface area (Å²) < 4.78 is 10.5. The third-order valence-corrected chi connectivity index (χ3v) is 3.89. The predicted molar refractivity (Wildman–Crippen MR) is 79.5 cm³/mol. The Labute approximate surface area is 129 Å². The average Bonchev–Trinajstić information content (AvgIpc) is 2.89. The second-order valence-electron chi connectivity index (χ2n) is 5.64. The number of benzene rings is 1. The van der Waals surface area contributed by atoms with Gasteiger partial charge in [-0.2, -0.15) is 0 Å². The van der Waals surface area contributed by atoms with Gasteiger partial charge in [0.2, 0.25) is 0 Å². The number of hydrogen-bond acceptors (Lipinski definition) is 4. The van der Waals surface area contributed by atoms with E-state index in [9.17, 15) is 9.59 Å². The van der Waals surface area contributed by atoms with E-state index in [1.54, 1.807) is 26.0 Å². The molecule has 6 heteroatoms. The molecule has 6 nitrogen and oxygen atoms in total. The Balaban J connectivity index is 1.96. The zero-order chi connectivity index (χ0) is 16.3. The van der Waals surface area contributed by atoms with Gasteiger partial charge in [-0.1, -0.05) is 19.1 Å². The van der Waals surface area contributed by atoms with Crippen LogP contribution in [0.1, 0.15) is 18.9 Å². The Morgan fingerprint density at radius 3 is 2.50 bits per heavy atom. The number of rotatable bonds is 5. The van der Waals surface area contributed by atoms with Gasteiger partial charge in [0, 0.05) is 13.6 Å². The zero-order valence-electron chi connectivity index (χ0n) is 13.0. The van der Waals surface area contributed by atoms with Gasteiger partial charge in [0.05, 0.1) is 7.11 Å². The summed E-state index contributed by atoms with van der Waals surface area (Å²) in [5, 5.41) is 9.04. The lowest BCUT2D eigenvalue weighted by Gasteiger charge is -2.21. The van der Waals surface area contributed by atoms with Gasteiger partial charge >= 0.3 is 5.97 Å². The van der Waals surface area contributed by atoms with Crippen molar-refractivity contribution >= 4 is 11.9 Å². The minimum atomic E-state index is -1.01. The Morgan fingerprint density at radius 1 is 1.36 bits per heavy atom. The highest BCUT2D eigenvalue weighted by Crippen LogP contribution is 2.27. The van der Waals surface area contributed by atoms with Crippen LogP contribution in [0.5, 0.6) is 5.75 Å². The molecule has 1 heterocycles. The first kappa shape index (κ1) is 16.3. The standard InChI is InChI=1S/C16H21NO5/c1-10-8-13(22-14(10)16(19)20)15(18)17(2)9-11-4-6-12(21-3)7-5-11/h4-7,10,13-14H,8-9H2,1-3H3,(H,19,20)/t10-,13-,14-/m0/s1. The zero-order valence-corrected chi connectivity index (χ0v) is 13.0. The Hall–Kier alpha value is -2.08. The SMILES string of the molecule is COc1ccc(CN(C)C(=O)[C@@H]2C[C@H](C)[C@@H](C(=O)O)O2)cc1. The molecule has 0 aromatic heterocycles. The maximum atomic E-state index is 12.4. The summed E-state index contributed by atoms with van der Waals surface area (Å²) in [6, 6.07) is 7.45. The van der Waals surface area contributed by atoms with Gasteiger partial charge in [-0.3, -0.25) is 4.79 Å². The molecule has 0 radical (unpaired) electrons. The molecule has 1 amide bonds. The van der Waals surface area contributed by atoms with Crippen LogP contribution in [0.4, 0.5) is 0 Å². The largest absolute Gasteiger partial charge is 0.497 e. The number of aliphatic carboxylic acids is 1. The molecule has 0 aliphatic carbocycles. The van der Waals surface area contributed by atoms with Crippen LogP contribution in [0, 0.1) is 5.92 Å². The first-order valence-electron chi connectivity index (χ1n) is 7.18. The molecule has 120 valence electrons. The first-order chi connectivity index (χ1) is 10.4. The lowest BCUT2D eigenvalue weighted by molar-refractivity contribution is -0.155. The second kappa shape index (κ2) is 6.79. The van der Waals surface area contributed by atoms with Gasteiger partial charge < -0.3 is 19.5 Å². The number of carboxylic acid groups (broad SMARTS) is 1. The predicted octanol–water partition coefficient (Wildman–Crippen LogP) is 1.53. The highest BCUT2D eigenvalue weighted by Gasteiger charge is 2.41. The third-order valence-electron chi connectivity index (χ3n) is 3.89. The summed E-state index contributed by atoms with van der Waals surface area (Å²) in [5.41, 5.74) is 0.970. The Bertz CT molecular complexity index is 542. The average molecular weight is 307 g/mol. The molecule has 3 atom stereocenters. The summed E-state index contributed by atoms with van der Waals surface area (Å²) in [6.45, 7) is 2.23. The van der Waals surface area contributed by atoms with Crippen LogP contribution in [0.15, 0.2) is 24.3 Å². The lowest BCUT2D eigenvalue weighted by Crippen LogP contribution is -2.36. The van der Waals surface area contributed by atoms with Crippen LogP contribution in [0.2, 0.25) is 0 Å². The highest BCUT2D eigenvalue weighted by molar-refractivity contribution is 5.82. The molecule has 1 aromatic carbocycles. The second-order valence-corrected chi connectivity index (χ2v) is 5.64. The number of amides is 1. The summed E-state index contributed by atoms with van der Waals surface area (Å²) in [6.07, 6.45) is -1.15. The number of likely N-dealkylation sites (N-methyl/N-ethyl adjacent to an activating group) is 1. The van der Waals surface area contributed by atoms with E-state index in [2.05, 4.69) is 0 Å². The van der Waals surface area contributed by atoms with Gasteiger partial charge in [0.1, 0.15) is 11.9 Å². The number of carboxylic acids is 1. The van der Waals surface area contributed by atoms with E-state index < -0.39 is 18.2 Å². The molecule has 1 fully saturated rings. The van der Waals surface area contributed by atoms with E-state index in [1.807, 2.05) is 24.3 Å². The minimum Gasteiger partial charge on any atom is -0.497 e. The number of carbonyl (C=O) groups is 2. The molecular formula is C16H21NO5. The smallest absolute Gasteiger partial charge is 0.333 e. The van der Waals surface area contributed by atoms with E-state index in [-0.39, 0.29) is 11.8 Å². The van der Waals surface area contributed by atoms with Crippen LogP contribution in [-0.4, -0.2) is 48.2 Å². The van der Waals surface area contributed by atoms with Crippen LogP contribution in [0.3, 0.4) is 0 Å². The maximum absolute atomic E-state index is 12.4. The van der Waals surface area contributed by atoms with E-state index in [1.165, 1.54) is 0 Å². The number of hydrogen-bond donors (Lipinski definition) is 1. The molecule has 1 aliphatic heterocycles. The number of nitrogens with zero attached hydrogens (tertiary/aromatic N) is 1. The van der Waals surface area contributed by atoms with Crippen molar-refractivity contribution in [1.82, 2.24) is 4.90 Å². The fraction of sp³-hybridized carbons (Fsp3) is 0.500. The van der Waals surface area contributed by atoms with Crippen molar-refractivity contribution < 1.29 is 24.2 Å². The monoisotopic (exact) mass is 307 g/mol. The summed E-state index contributed by atoms with van der Waals surface area (Å²) in [5.74, 6) is -0.608. The molecule has 0 bridgehead atoms. The summed E-state index contributed by atoms with van der Waals surface area (Å²) in [7, 11) is 3.29. The van der Waals surface area contributed by atoms with Crippen molar-refractivity contribution in [2.24, 2.45) is 5.92 Å². The van der Waals surface area contributed by atoms with E-state index in [0.717, 1.165) is 11.3 Å². The molecule has 0 saturated carbocycles. The maximum Gasteiger partial charge on any atom is 0.333 e. The van der Waals surface area contributed by atoms with Gasteiger partial charge in [0.25, 0.3) is 5.91 Å². The van der Waals surface area contributed by atoms with Crippen LogP contribution >= 0.6 is 0 Å². The lowest BCUT2D eigenvalue weighted by atomic mass is 10.0. The minimum absolute atomic E-state index is 0.166. The fourth-order valence-corrected chi connectivity index (χ4v) is 2.62. The third kappa shape index (κ3) is 3.57. The van der Waals surface area contributed by atoms with E-state index >= 15 is 0 Å². The first-order valence-corrected chi connectivity index (χ1v) is 7.18.